The Morgan fingerprint density at radius 2 is 2.28 bits per heavy atom. The molecule has 3 rings (SSSR count). The second kappa shape index (κ2) is 4.83. The summed E-state index contributed by atoms with van der Waals surface area (Å²) >= 11 is 1.79. The Morgan fingerprint density at radius 1 is 1.44 bits per heavy atom. The van der Waals surface area contributed by atoms with Gasteiger partial charge < -0.3 is 10.4 Å². The van der Waals surface area contributed by atoms with Gasteiger partial charge in [0.1, 0.15) is 5.82 Å². The zero-order chi connectivity index (χ0) is 12.6. The maximum Gasteiger partial charge on any atom is 0.123 e. The Labute approximate surface area is 111 Å². The molecule has 0 bridgehead atoms. The Kier molecular flexibility index (Phi) is 3.34. The fourth-order valence-corrected chi connectivity index (χ4v) is 3.76. The third kappa shape index (κ3) is 2.42. The molecule has 0 saturated heterocycles. The van der Waals surface area contributed by atoms with Gasteiger partial charge in [-0.3, -0.25) is 0 Å². The molecule has 1 saturated carbocycles. The van der Waals surface area contributed by atoms with Crippen molar-refractivity contribution >= 4 is 11.8 Å². The predicted octanol–water partition coefficient (Wildman–Crippen LogP) is 2.87. The molecule has 1 atom stereocenters. The fourth-order valence-electron chi connectivity index (χ4n) is 2.65. The van der Waals surface area contributed by atoms with Gasteiger partial charge in [-0.25, -0.2) is 4.39 Å². The molecule has 1 fully saturated rings. The lowest BCUT2D eigenvalue weighted by Gasteiger charge is -2.38. The molecule has 2 N–H and O–H groups in total. The fraction of sp³-hybridized carbons (Fsp3) is 0.571. The Balaban J connectivity index is 1.72. The van der Waals surface area contributed by atoms with E-state index in [1.165, 1.54) is 11.0 Å². The smallest absolute Gasteiger partial charge is 0.123 e. The number of hydrogen-bond acceptors (Lipinski definition) is 3. The molecule has 1 unspecified atom stereocenters. The summed E-state index contributed by atoms with van der Waals surface area (Å²) in [6.45, 7) is 0.623. The predicted molar refractivity (Wildman–Crippen MR) is 71.3 cm³/mol. The molecule has 2 aliphatic rings. The van der Waals surface area contributed by atoms with Crippen LogP contribution in [-0.2, 0) is 0 Å². The number of thioether (sulfide) groups is 1. The maximum absolute atomic E-state index is 13.3. The van der Waals surface area contributed by atoms with Crippen LogP contribution in [0.3, 0.4) is 0 Å². The number of halogens is 1. The van der Waals surface area contributed by atoms with E-state index in [1.54, 1.807) is 17.8 Å². The van der Waals surface area contributed by atoms with Gasteiger partial charge in [0.2, 0.25) is 0 Å². The molecule has 0 aromatic heterocycles. The zero-order valence-electron chi connectivity index (χ0n) is 10.3. The normalized spacial score (nSPS) is 25.3. The first-order valence-electron chi connectivity index (χ1n) is 6.54. The van der Waals surface area contributed by atoms with Crippen LogP contribution in [0.25, 0.3) is 0 Å². The van der Waals surface area contributed by atoms with Crippen LogP contribution in [0.4, 0.5) is 4.39 Å². The Morgan fingerprint density at radius 3 is 3.00 bits per heavy atom. The van der Waals surface area contributed by atoms with Gasteiger partial charge in [0, 0.05) is 17.5 Å². The van der Waals surface area contributed by atoms with Gasteiger partial charge in [-0.05, 0) is 55.2 Å². The highest BCUT2D eigenvalue weighted by Gasteiger charge is 2.35. The quantitative estimate of drug-likeness (QED) is 0.883. The highest BCUT2D eigenvalue weighted by Crippen LogP contribution is 2.37. The lowest BCUT2D eigenvalue weighted by molar-refractivity contribution is -0.0334. The molecule has 1 aromatic rings. The Hall–Kier alpha value is -0.580. The van der Waals surface area contributed by atoms with Crippen molar-refractivity contribution in [2.75, 3.05) is 12.3 Å². The SMILES string of the molecule is OC1(CNC2CCSc3ccc(F)cc32)CCC1. The van der Waals surface area contributed by atoms with Crippen molar-refractivity contribution in [2.45, 2.75) is 42.2 Å². The topological polar surface area (TPSA) is 32.3 Å². The number of nitrogens with one attached hydrogen (secondary N) is 1. The van der Waals surface area contributed by atoms with Crippen molar-refractivity contribution in [1.82, 2.24) is 5.32 Å². The van der Waals surface area contributed by atoms with Crippen molar-refractivity contribution in [3.63, 3.8) is 0 Å². The zero-order valence-corrected chi connectivity index (χ0v) is 11.1. The lowest BCUT2D eigenvalue weighted by atomic mass is 9.80. The van der Waals surface area contributed by atoms with E-state index in [9.17, 15) is 9.50 Å². The van der Waals surface area contributed by atoms with Crippen molar-refractivity contribution < 1.29 is 9.50 Å². The number of benzene rings is 1. The summed E-state index contributed by atoms with van der Waals surface area (Å²) in [6.07, 6.45) is 3.88. The highest BCUT2D eigenvalue weighted by atomic mass is 32.2. The third-order valence-electron chi connectivity index (χ3n) is 3.97. The molecule has 1 aliphatic carbocycles. The van der Waals surface area contributed by atoms with Crippen molar-refractivity contribution in [2.24, 2.45) is 0 Å². The summed E-state index contributed by atoms with van der Waals surface area (Å²) in [5, 5.41) is 13.5. The van der Waals surface area contributed by atoms with Crippen LogP contribution in [0.5, 0.6) is 0 Å². The highest BCUT2D eigenvalue weighted by molar-refractivity contribution is 7.99. The summed E-state index contributed by atoms with van der Waals surface area (Å²) in [4.78, 5) is 1.17. The minimum absolute atomic E-state index is 0.176. The van der Waals surface area contributed by atoms with E-state index in [0.29, 0.717) is 6.54 Å². The second-order valence-corrected chi connectivity index (χ2v) is 6.47. The second-order valence-electron chi connectivity index (χ2n) is 5.33. The van der Waals surface area contributed by atoms with Crippen LogP contribution >= 0.6 is 11.8 Å². The van der Waals surface area contributed by atoms with Crippen LogP contribution in [0.15, 0.2) is 23.1 Å². The van der Waals surface area contributed by atoms with Crippen LogP contribution in [0, 0.1) is 5.82 Å². The standard InChI is InChI=1S/C14H18FNOS/c15-10-2-3-13-11(8-10)12(4-7-18-13)16-9-14(17)5-1-6-14/h2-3,8,12,16-17H,1,4-7,9H2. The molecular formula is C14H18FNOS. The Bertz CT molecular complexity index is 447. The molecule has 1 aromatic carbocycles. The molecule has 1 heterocycles. The number of rotatable bonds is 3. The molecule has 0 radical (unpaired) electrons. The van der Waals surface area contributed by atoms with E-state index < -0.39 is 5.60 Å². The molecule has 18 heavy (non-hydrogen) atoms. The van der Waals surface area contributed by atoms with Crippen molar-refractivity contribution in [3.05, 3.63) is 29.6 Å². The first kappa shape index (κ1) is 12.5. The van der Waals surface area contributed by atoms with E-state index in [1.807, 2.05) is 6.07 Å². The molecule has 2 nitrogen and oxygen atoms in total. The van der Waals surface area contributed by atoms with Gasteiger partial charge >= 0.3 is 0 Å². The monoisotopic (exact) mass is 267 g/mol. The molecule has 98 valence electrons. The molecule has 1 aliphatic heterocycles. The van der Waals surface area contributed by atoms with Gasteiger partial charge in [0.15, 0.2) is 0 Å². The molecule has 0 amide bonds. The van der Waals surface area contributed by atoms with E-state index in [-0.39, 0.29) is 11.9 Å². The van der Waals surface area contributed by atoms with Crippen molar-refractivity contribution in [1.29, 1.82) is 0 Å². The van der Waals surface area contributed by atoms with Crippen LogP contribution in [0.1, 0.15) is 37.3 Å². The molecular weight excluding hydrogens is 249 g/mol. The third-order valence-corrected chi connectivity index (χ3v) is 5.10. The number of hydrogen-bond donors (Lipinski definition) is 2. The van der Waals surface area contributed by atoms with E-state index in [0.717, 1.165) is 37.0 Å². The van der Waals surface area contributed by atoms with Gasteiger partial charge in [0.25, 0.3) is 0 Å². The van der Waals surface area contributed by atoms with Gasteiger partial charge in [-0.1, -0.05) is 0 Å². The van der Waals surface area contributed by atoms with E-state index in [2.05, 4.69) is 5.32 Å². The summed E-state index contributed by atoms with van der Waals surface area (Å²) in [5.74, 6) is 0.875. The summed E-state index contributed by atoms with van der Waals surface area (Å²) in [6, 6.07) is 5.19. The molecule has 0 spiro atoms. The number of fused-ring (bicyclic) bond motifs is 1. The lowest BCUT2D eigenvalue weighted by Crippen LogP contribution is -2.47. The molecule has 4 heteroatoms. The summed E-state index contributed by atoms with van der Waals surface area (Å²) in [7, 11) is 0. The van der Waals surface area contributed by atoms with Crippen LogP contribution in [0.2, 0.25) is 0 Å². The maximum atomic E-state index is 13.3. The van der Waals surface area contributed by atoms with Crippen LogP contribution in [-0.4, -0.2) is 23.0 Å². The minimum Gasteiger partial charge on any atom is -0.389 e. The first-order chi connectivity index (χ1) is 8.66. The van der Waals surface area contributed by atoms with Gasteiger partial charge in [0.05, 0.1) is 5.60 Å². The van der Waals surface area contributed by atoms with Gasteiger partial charge in [-0.2, -0.15) is 0 Å². The summed E-state index contributed by atoms with van der Waals surface area (Å²) in [5.41, 5.74) is 0.534. The van der Waals surface area contributed by atoms with E-state index >= 15 is 0 Å². The van der Waals surface area contributed by atoms with Gasteiger partial charge in [-0.15, -0.1) is 11.8 Å². The number of aliphatic hydroxyl groups is 1. The largest absolute Gasteiger partial charge is 0.389 e. The average Bonchev–Trinajstić information content (AvgIpc) is 2.34. The van der Waals surface area contributed by atoms with E-state index in [4.69, 9.17) is 0 Å². The first-order valence-corrected chi connectivity index (χ1v) is 7.53. The minimum atomic E-state index is -0.516. The van der Waals surface area contributed by atoms with Crippen LogP contribution < -0.4 is 5.32 Å². The average molecular weight is 267 g/mol. The van der Waals surface area contributed by atoms with Crippen molar-refractivity contribution in [3.8, 4) is 0 Å². The summed E-state index contributed by atoms with van der Waals surface area (Å²) < 4.78 is 13.3.